The molecule has 1 saturated heterocycles. The Kier molecular flexibility index (Phi) is 3.06. The van der Waals surface area contributed by atoms with Crippen molar-refractivity contribution in [1.82, 2.24) is 19.5 Å². The van der Waals surface area contributed by atoms with Gasteiger partial charge < -0.3 is 4.74 Å². The van der Waals surface area contributed by atoms with E-state index in [0.29, 0.717) is 0 Å². The van der Waals surface area contributed by atoms with Crippen molar-refractivity contribution in [2.75, 3.05) is 6.61 Å². The van der Waals surface area contributed by atoms with Crippen LogP contribution in [0.15, 0.2) is 18.7 Å². The highest BCUT2D eigenvalue weighted by atomic mass is 16.5. The van der Waals surface area contributed by atoms with E-state index in [9.17, 15) is 0 Å². The molecule has 0 amide bonds. The molecule has 0 N–H and O–H groups in total. The molecule has 1 atom stereocenters. The van der Waals surface area contributed by atoms with Crippen LogP contribution in [0.2, 0.25) is 0 Å². The van der Waals surface area contributed by atoms with Crippen molar-refractivity contribution in [2.24, 2.45) is 0 Å². The number of ether oxygens (including phenoxy) is 1. The summed E-state index contributed by atoms with van der Waals surface area (Å²) in [6, 6.07) is 0. The van der Waals surface area contributed by atoms with Gasteiger partial charge in [-0.2, -0.15) is 0 Å². The predicted molar refractivity (Wildman–Crippen MR) is 68.9 cm³/mol. The molecule has 5 nitrogen and oxygen atoms in total. The molecular weight excluding hydrogens is 228 g/mol. The molecule has 0 radical (unpaired) electrons. The van der Waals surface area contributed by atoms with E-state index in [1.165, 1.54) is 6.42 Å². The summed E-state index contributed by atoms with van der Waals surface area (Å²) in [5, 5.41) is 0. The van der Waals surface area contributed by atoms with Crippen molar-refractivity contribution in [2.45, 2.75) is 32.4 Å². The first-order chi connectivity index (χ1) is 8.90. The number of hydrogen-bond donors (Lipinski definition) is 0. The fourth-order valence-electron chi connectivity index (χ4n) is 2.30. The molecule has 2 aromatic rings. The molecule has 0 saturated carbocycles. The Hall–Kier alpha value is -1.75. The Morgan fingerprint density at radius 1 is 1.33 bits per heavy atom. The molecule has 0 aromatic carbocycles. The lowest BCUT2D eigenvalue weighted by Crippen LogP contribution is -2.17. The molecule has 1 aliphatic rings. The third-order valence-electron chi connectivity index (χ3n) is 3.18. The normalized spacial score (nSPS) is 20.8. The lowest BCUT2D eigenvalue weighted by atomic mass is 10.2. The van der Waals surface area contributed by atoms with Crippen molar-refractivity contribution in [3.8, 4) is 0 Å². The maximum Gasteiger partial charge on any atom is 0.165 e. The summed E-state index contributed by atoms with van der Waals surface area (Å²) in [5.41, 5.74) is 2.55. The highest BCUT2D eigenvalue weighted by Gasteiger charge is 2.19. The van der Waals surface area contributed by atoms with Crippen LogP contribution < -0.4 is 0 Å². The zero-order chi connectivity index (χ0) is 12.4. The number of nitrogens with zero attached hydrogens (tertiary/aromatic N) is 4. The van der Waals surface area contributed by atoms with Crippen LogP contribution in [0.4, 0.5) is 0 Å². The third kappa shape index (κ3) is 1.90. The van der Waals surface area contributed by atoms with E-state index < -0.39 is 0 Å². The molecule has 0 spiro atoms. The second kappa shape index (κ2) is 4.86. The highest BCUT2D eigenvalue weighted by Crippen LogP contribution is 2.26. The number of allylic oxidation sites excluding steroid dienone is 1. The molecule has 0 bridgehead atoms. The van der Waals surface area contributed by atoms with E-state index in [-0.39, 0.29) is 6.23 Å². The zero-order valence-electron chi connectivity index (χ0n) is 10.4. The molecule has 18 heavy (non-hydrogen) atoms. The van der Waals surface area contributed by atoms with Crippen molar-refractivity contribution in [3.63, 3.8) is 0 Å². The minimum Gasteiger partial charge on any atom is -0.358 e. The first-order valence-corrected chi connectivity index (χ1v) is 6.32. The maximum atomic E-state index is 5.77. The Morgan fingerprint density at radius 3 is 3.06 bits per heavy atom. The molecule has 1 fully saturated rings. The molecule has 2 aromatic heterocycles. The average molecular weight is 244 g/mol. The van der Waals surface area contributed by atoms with Crippen LogP contribution in [0, 0.1) is 0 Å². The van der Waals surface area contributed by atoms with Crippen LogP contribution >= 0.6 is 0 Å². The summed E-state index contributed by atoms with van der Waals surface area (Å²) >= 11 is 0. The van der Waals surface area contributed by atoms with Gasteiger partial charge in [0.1, 0.15) is 18.1 Å². The summed E-state index contributed by atoms with van der Waals surface area (Å²) in [5.74, 6) is 0. The smallest absolute Gasteiger partial charge is 0.165 e. The van der Waals surface area contributed by atoms with Crippen LogP contribution in [0.3, 0.4) is 0 Å². The van der Waals surface area contributed by atoms with Crippen LogP contribution in [-0.4, -0.2) is 26.1 Å². The van der Waals surface area contributed by atoms with E-state index in [1.807, 2.05) is 30.0 Å². The Morgan fingerprint density at radius 2 is 2.28 bits per heavy atom. The van der Waals surface area contributed by atoms with E-state index in [1.54, 1.807) is 6.33 Å². The quantitative estimate of drug-likeness (QED) is 0.814. The van der Waals surface area contributed by atoms with Gasteiger partial charge in [0.2, 0.25) is 0 Å². The molecule has 0 aliphatic carbocycles. The van der Waals surface area contributed by atoms with Gasteiger partial charge >= 0.3 is 0 Å². The van der Waals surface area contributed by atoms with Crippen molar-refractivity contribution < 1.29 is 4.74 Å². The van der Waals surface area contributed by atoms with E-state index >= 15 is 0 Å². The van der Waals surface area contributed by atoms with Crippen molar-refractivity contribution in [1.29, 1.82) is 0 Å². The highest BCUT2D eigenvalue weighted by molar-refractivity contribution is 5.79. The fourth-order valence-corrected chi connectivity index (χ4v) is 2.30. The van der Waals surface area contributed by atoms with Gasteiger partial charge in [-0.05, 0) is 32.3 Å². The molecule has 94 valence electrons. The Bertz CT molecular complexity index is 569. The molecule has 1 aliphatic heterocycles. The Balaban J connectivity index is 2.06. The SMILES string of the molecule is C/C=C/c1ncnc2c1ncn2C1CCCCO1. The first-order valence-electron chi connectivity index (χ1n) is 6.32. The maximum absolute atomic E-state index is 5.77. The average Bonchev–Trinajstić information content (AvgIpc) is 2.85. The molecule has 3 rings (SSSR count). The summed E-state index contributed by atoms with van der Waals surface area (Å²) < 4.78 is 7.79. The molecule has 3 heterocycles. The van der Waals surface area contributed by atoms with Gasteiger partial charge in [-0.3, -0.25) is 4.57 Å². The fraction of sp³-hybridized carbons (Fsp3) is 0.462. The molecule has 1 unspecified atom stereocenters. The predicted octanol–water partition coefficient (Wildman–Crippen LogP) is 2.56. The summed E-state index contributed by atoms with van der Waals surface area (Å²) in [6.07, 6.45) is 10.7. The van der Waals surface area contributed by atoms with Gasteiger partial charge in [0.15, 0.2) is 5.65 Å². The van der Waals surface area contributed by atoms with Gasteiger partial charge in [-0.25, -0.2) is 15.0 Å². The van der Waals surface area contributed by atoms with E-state index in [2.05, 4.69) is 15.0 Å². The Labute approximate surface area is 106 Å². The van der Waals surface area contributed by atoms with Gasteiger partial charge in [0.05, 0.1) is 12.0 Å². The number of rotatable bonds is 2. The first kappa shape index (κ1) is 11.3. The largest absolute Gasteiger partial charge is 0.358 e. The van der Waals surface area contributed by atoms with Crippen LogP contribution in [-0.2, 0) is 4.74 Å². The molecule has 5 heteroatoms. The lowest BCUT2D eigenvalue weighted by Gasteiger charge is -2.23. The second-order valence-corrected chi connectivity index (χ2v) is 4.40. The van der Waals surface area contributed by atoms with E-state index in [4.69, 9.17) is 4.74 Å². The monoisotopic (exact) mass is 244 g/mol. The topological polar surface area (TPSA) is 52.8 Å². The van der Waals surface area contributed by atoms with Gasteiger partial charge in [-0.1, -0.05) is 6.08 Å². The lowest BCUT2D eigenvalue weighted by molar-refractivity contribution is -0.0298. The minimum absolute atomic E-state index is 0.0668. The summed E-state index contributed by atoms with van der Waals surface area (Å²) in [6.45, 7) is 2.78. The van der Waals surface area contributed by atoms with Crippen molar-refractivity contribution in [3.05, 3.63) is 24.4 Å². The van der Waals surface area contributed by atoms with Gasteiger partial charge in [0, 0.05) is 6.61 Å². The second-order valence-electron chi connectivity index (χ2n) is 4.40. The van der Waals surface area contributed by atoms with Crippen LogP contribution in [0.25, 0.3) is 17.2 Å². The number of aromatic nitrogens is 4. The summed E-state index contributed by atoms with van der Waals surface area (Å²) in [4.78, 5) is 13.0. The van der Waals surface area contributed by atoms with Crippen LogP contribution in [0.5, 0.6) is 0 Å². The molecular formula is C13H16N4O. The van der Waals surface area contributed by atoms with Gasteiger partial charge in [0.25, 0.3) is 0 Å². The standard InChI is InChI=1S/C13H16N4O/c1-2-5-10-12-13(15-8-14-10)17(9-16-12)11-6-3-4-7-18-11/h2,5,8-9,11H,3-4,6-7H2,1H3/b5-2+. The number of fused-ring (bicyclic) bond motifs is 1. The number of imidazole rings is 1. The van der Waals surface area contributed by atoms with Gasteiger partial charge in [-0.15, -0.1) is 0 Å². The van der Waals surface area contributed by atoms with Crippen molar-refractivity contribution >= 4 is 17.2 Å². The van der Waals surface area contributed by atoms with E-state index in [0.717, 1.165) is 36.3 Å². The zero-order valence-corrected chi connectivity index (χ0v) is 10.4. The number of hydrogen-bond acceptors (Lipinski definition) is 4. The summed E-state index contributed by atoms with van der Waals surface area (Å²) in [7, 11) is 0. The van der Waals surface area contributed by atoms with Crippen LogP contribution in [0.1, 0.15) is 38.1 Å². The third-order valence-corrected chi connectivity index (χ3v) is 3.18. The minimum atomic E-state index is 0.0668.